The SMILES string of the molecule is Cn1cc(-c2cc3nccn3c(-c3cnn(CC4CC4)c3)n2)cn1. The molecule has 1 aliphatic carbocycles. The second-order valence-corrected chi connectivity index (χ2v) is 6.42. The van der Waals surface area contributed by atoms with Crippen LogP contribution in [0.1, 0.15) is 12.8 Å². The molecule has 1 aliphatic rings. The van der Waals surface area contributed by atoms with Crippen molar-refractivity contribution in [2.24, 2.45) is 13.0 Å². The molecule has 1 fully saturated rings. The number of aryl methyl sites for hydroxylation is 1. The van der Waals surface area contributed by atoms with Crippen molar-refractivity contribution in [1.29, 1.82) is 0 Å². The number of rotatable bonds is 4. The Balaban J connectivity index is 1.63. The van der Waals surface area contributed by atoms with Crippen LogP contribution in [0.3, 0.4) is 0 Å². The van der Waals surface area contributed by atoms with Crippen LogP contribution in [0.5, 0.6) is 0 Å². The van der Waals surface area contributed by atoms with Gasteiger partial charge in [-0.25, -0.2) is 9.97 Å². The summed E-state index contributed by atoms with van der Waals surface area (Å²) >= 11 is 0. The molecule has 24 heavy (non-hydrogen) atoms. The largest absolute Gasteiger partial charge is 0.284 e. The third-order valence-corrected chi connectivity index (χ3v) is 4.42. The second kappa shape index (κ2) is 5.02. The van der Waals surface area contributed by atoms with Crippen molar-refractivity contribution in [3.63, 3.8) is 0 Å². The lowest BCUT2D eigenvalue weighted by Crippen LogP contribution is -1.99. The monoisotopic (exact) mass is 319 g/mol. The van der Waals surface area contributed by atoms with Crippen LogP contribution in [-0.2, 0) is 13.6 Å². The fraction of sp³-hybridized carbons (Fsp3) is 0.294. The normalized spacial score (nSPS) is 14.5. The molecule has 0 saturated heterocycles. The summed E-state index contributed by atoms with van der Waals surface area (Å²) in [6.45, 7) is 0.995. The van der Waals surface area contributed by atoms with Crippen molar-refractivity contribution < 1.29 is 0 Å². The van der Waals surface area contributed by atoms with E-state index in [1.54, 1.807) is 10.9 Å². The third-order valence-electron chi connectivity index (χ3n) is 4.42. The van der Waals surface area contributed by atoms with Gasteiger partial charge in [0.25, 0.3) is 0 Å². The van der Waals surface area contributed by atoms with Crippen molar-refractivity contribution in [2.75, 3.05) is 0 Å². The predicted octanol–water partition coefficient (Wildman–Crippen LogP) is 2.40. The summed E-state index contributed by atoms with van der Waals surface area (Å²) in [5.74, 6) is 1.65. The Bertz CT molecular complexity index is 1020. The summed E-state index contributed by atoms with van der Waals surface area (Å²) in [6.07, 6.45) is 14.1. The lowest BCUT2D eigenvalue weighted by atomic mass is 10.2. The minimum absolute atomic E-state index is 0.792. The van der Waals surface area contributed by atoms with Gasteiger partial charge in [0.05, 0.1) is 23.7 Å². The molecule has 5 rings (SSSR count). The first-order valence-corrected chi connectivity index (χ1v) is 8.12. The van der Waals surface area contributed by atoms with Gasteiger partial charge in [0.15, 0.2) is 0 Å². The molecule has 0 N–H and O–H groups in total. The van der Waals surface area contributed by atoms with Gasteiger partial charge in [0.2, 0.25) is 0 Å². The Labute approximate surface area is 138 Å². The van der Waals surface area contributed by atoms with E-state index >= 15 is 0 Å². The van der Waals surface area contributed by atoms with E-state index in [1.807, 2.05) is 47.0 Å². The number of aromatic nitrogens is 7. The van der Waals surface area contributed by atoms with Gasteiger partial charge in [-0.05, 0) is 18.8 Å². The Morgan fingerprint density at radius 2 is 2.00 bits per heavy atom. The van der Waals surface area contributed by atoms with E-state index < -0.39 is 0 Å². The molecule has 4 aromatic rings. The summed E-state index contributed by atoms with van der Waals surface area (Å²) < 4.78 is 5.80. The minimum Gasteiger partial charge on any atom is -0.284 e. The number of hydrogen-bond donors (Lipinski definition) is 0. The molecule has 7 heteroatoms. The highest BCUT2D eigenvalue weighted by molar-refractivity contribution is 5.68. The number of fused-ring (bicyclic) bond motifs is 1. The summed E-state index contributed by atoms with van der Waals surface area (Å²) in [6, 6.07) is 1.98. The van der Waals surface area contributed by atoms with Crippen LogP contribution in [0.2, 0.25) is 0 Å². The maximum atomic E-state index is 4.85. The van der Waals surface area contributed by atoms with Crippen LogP contribution in [0.15, 0.2) is 43.2 Å². The molecule has 0 amide bonds. The topological polar surface area (TPSA) is 65.8 Å². The molecular formula is C17H17N7. The zero-order chi connectivity index (χ0) is 16.1. The molecule has 0 aromatic carbocycles. The highest BCUT2D eigenvalue weighted by Crippen LogP contribution is 2.31. The molecule has 0 bridgehead atoms. The van der Waals surface area contributed by atoms with Gasteiger partial charge in [0, 0.05) is 50.0 Å². The van der Waals surface area contributed by atoms with Crippen molar-refractivity contribution in [2.45, 2.75) is 19.4 Å². The van der Waals surface area contributed by atoms with Crippen LogP contribution >= 0.6 is 0 Å². The van der Waals surface area contributed by atoms with E-state index in [4.69, 9.17) is 4.98 Å². The minimum atomic E-state index is 0.792. The Kier molecular flexibility index (Phi) is 2.82. The van der Waals surface area contributed by atoms with Gasteiger partial charge in [-0.15, -0.1) is 0 Å². The molecule has 0 atom stereocenters. The van der Waals surface area contributed by atoms with Crippen molar-refractivity contribution in [1.82, 2.24) is 33.9 Å². The number of hydrogen-bond acceptors (Lipinski definition) is 4. The molecule has 1 saturated carbocycles. The second-order valence-electron chi connectivity index (χ2n) is 6.42. The highest BCUT2D eigenvalue weighted by atomic mass is 15.3. The molecule has 0 radical (unpaired) electrons. The lowest BCUT2D eigenvalue weighted by molar-refractivity contribution is 0.563. The predicted molar refractivity (Wildman–Crippen MR) is 89.1 cm³/mol. The van der Waals surface area contributed by atoms with Crippen LogP contribution in [-0.4, -0.2) is 33.9 Å². The average Bonchev–Trinajstić information content (AvgIpc) is 2.98. The van der Waals surface area contributed by atoms with Crippen LogP contribution in [0.4, 0.5) is 0 Å². The van der Waals surface area contributed by atoms with Gasteiger partial charge < -0.3 is 0 Å². The molecule has 0 spiro atoms. The summed E-state index contributed by atoms with van der Waals surface area (Å²) in [7, 11) is 1.90. The fourth-order valence-electron chi connectivity index (χ4n) is 2.97. The Morgan fingerprint density at radius 1 is 1.12 bits per heavy atom. The molecule has 4 aromatic heterocycles. The van der Waals surface area contributed by atoms with E-state index in [0.717, 1.165) is 40.8 Å². The summed E-state index contributed by atoms with van der Waals surface area (Å²) in [5.41, 5.74) is 3.72. The highest BCUT2D eigenvalue weighted by Gasteiger charge is 2.22. The Morgan fingerprint density at radius 3 is 2.79 bits per heavy atom. The molecule has 0 unspecified atom stereocenters. The standard InChI is InChI=1S/C17H17N7/c1-22-10-13(7-19-22)15-6-16-18-4-5-24(16)17(21-15)14-8-20-23(11-14)9-12-2-3-12/h4-8,10-12H,2-3,9H2,1H3. The van der Waals surface area contributed by atoms with E-state index in [2.05, 4.69) is 21.4 Å². The molecule has 7 nitrogen and oxygen atoms in total. The maximum absolute atomic E-state index is 4.85. The number of imidazole rings is 1. The van der Waals surface area contributed by atoms with Crippen LogP contribution in [0, 0.1) is 5.92 Å². The van der Waals surface area contributed by atoms with Crippen molar-refractivity contribution in [3.8, 4) is 22.6 Å². The Hall–Kier alpha value is -2.96. The number of nitrogens with zero attached hydrogens (tertiary/aromatic N) is 7. The summed E-state index contributed by atoms with van der Waals surface area (Å²) in [4.78, 5) is 9.28. The van der Waals surface area contributed by atoms with E-state index in [1.165, 1.54) is 12.8 Å². The van der Waals surface area contributed by atoms with Gasteiger partial charge in [0.1, 0.15) is 11.5 Å². The first kappa shape index (κ1) is 13.5. The third kappa shape index (κ3) is 2.29. The lowest BCUT2D eigenvalue weighted by Gasteiger charge is -2.05. The zero-order valence-electron chi connectivity index (χ0n) is 13.4. The van der Waals surface area contributed by atoms with Crippen LogP contribution < -0.4 is 0 Å². The summed E-state index contributed by atoms with van der Waals surface area (Å²) in [5, 5.41) is 8.74. The van der Waals surface area contributed by atoms with E-state index in [9.17, 15) is 0 Å². The molecule has 0 aliphatic heterocycles. The molecule has 4 heterocycles. The van der Waals surface area contributed by atoms with Crippen molar-refractivity contribution in [3.05, 3.63) is 43.2 Å². The molecule has 120 valence electrons. The van der Waals surface area contributed by atoms with Gasteiger partial charge in [-0.3, -0.25) is 13.8 Å². The first-order valence-electron chi connectivity index (χ1n) is 8.12. The smallest absolute Gasteiger partial charge is 0.149 e. The maximum Gasteiger partial charge on any atom is 0.149 e. The van der Waals surface area contributed by atoms with Gasteiger partial charge in [-0.2, -0.15) is 10.2 Å². The van der Waals surface area contributed by atoms with Crippen molar-refractivity contribution >= 4 is 5.65 Å². The quantitative estimate of drug-likeness (QED) is 0.579. The molecular weight excluding hydrogens is 302 g/mol. The van der Waals surface area contributed by atoms with E-state index in [-0.39, 0.29) is 0 Å². The van der Waals surface area contributed by atoms with E-state index in [0.29, 0.717) is 0 Å². The van der Waals surface area contributed by atoms with Crippen LogP contribution in [0.25, 0.3) is 28.3 Å². The fourth-order valence-corrected chi connectivity index (χ4v) is 2.97. The van der Waals surface area contributed by atoms with Gasteiger partial charge in [-0.1, -0.05) is 0 Å². The van der Waals surface area contributed by atoms with Gasteiger partial charge >= 0.3 is 0 Å². The average molecular weight is 319 g/mol. The zero-order valence-corrected chi connectivity index (χ0v) is 13.4. The first-order chi connectivity index (χ1) is 11.8.